The maximum atomic E-state index is 13.0. The molecule has 0 aromatic heterocycles. The van der Waals surface area contributed by atoms with Crippen LogP contribution in [0.15, 0.2) is 18.2 Å². The van der Waals surface area contributed by atoms with E-state index in [0.29, 0.717) is 13.1 Å². The van der Waals surface area contributed by atoms with Gasteiger partial charge in [-0.25, -0.2) is 9.18 Å². The van der Waals surface area contributed by atoms with E-state index in [2.05, 4.69) is 5.32 Å². The zero-order valence-corrected chi connectivity index (χ0v) is 11.6. The second-order valence-corrected chi connectivity index (χ2v) is 4.34. The van der Waals surface area contributed by atoms with Gasteiger partial charge in [-0.2, -0.15) is 0 Å². The predicted octanol–water partition coefficient (Wildman–Crippen LogP) is 3.39. The SMILES string of the molecule is CCCN(CCC)C(=O)Nc1ccc(F)cc1[N+](=O)[O-]. The summed E-state index contributed by atoms with van der Waals surface area (Å²) in [5.41, 5.74) is -0.454. The van der Waals surface area contributed by atoms with Crippen molar-refractivity contribution in [2.45, 2.75) is 26.7 Å². The van der Waals surface area contributed by atoms with Crippen LogP contribution in [0, 0.1) is 15.9 Å². The lowest BCUT2D eigenvalue weighted by Gasteiger charge is -2.21. The summed E-state index contributed by atoms with van der Waals surface area (Å²) >= 11 is 0. The Balaban J connectivity index is 2.91. The van der Waals surface area contributed by atoms with Crippen LogP contribution in [0.5, 0.6) is 0 Å². The minimum absolute atomic E-state index is 0.00129. The fraction of sp³-hybridized carbons (Fsp3) is 0.462. The largest absolute Gasteiger partial charge is 0.325 e. The molecule has 2 amide bonds. The Labute approximate surface area is 116 Å². The van der Waals surface area contributed by atoms with E-state index in [4.69, 9.17) is 0 Å². The molecule has 0 saturated carbocycles. The smallest absolute Gasteiger partial charge is 0.322 e. The molecular weight excluding hydrogens is 265 g/mol. The average molecular weight is 283 g/mol. The third-order valence-electron chi connectivity index (χ3n) is 2.67. The highest BCUT2D eigenvalue weighted by Crippen LogP contribution is 2.25. The Bertz CT molecular complexity index is 488. The number of carbonyl (C=O) groups excluding carboxylic acids is 1. The first kappa shape index (κ1) is 15.9. The van der Waals surface area contributed by atoms with Gasteiger partial charge in [0.25, 0.3) is 5.69 Å². The summed E-state index contributed by atoms with van der Waals surface area (Å²) in [4.78, 5) is 23.8. The fourth-order valence-corrected chi connectivity index (χ4v) is 1.81. The van der Waals surface area contributed by atoms with Crippen LogP contribution in [0.4, 0.5) is 20.6 Å². The molecular formula is C13H18FN3O3. The maximum absolute atomic E-state index is 13.0. The maximum Gasteiger partial charge on any atom is 0.322 e. The Morgan fingerprint density at radius 3 is 2.45 bits per heavy atom. The van der Waals surface area contributed by atoms with Crippen LogP contribution in [0.1, 0.15) is 26.7 Å². The summed E-state index contributed by atoms with van der Waals surface area (Å²) in [5.74, 6) is -0.714. The molecule has 0 heterocycles. The van der Waals surface area contributed by atoms with Gasteiger partial charge in [0.15, 0.2) is 0 Å². The van der Waals surface area contributed by atoms with Crippen molar-refractivity contribution < 1.29 is 14.1 Å². The summed E-state index contributed by atoms with van der Waals surface area (Å²) < 4.78 is 13.0. The first-order valence-electron chi connectivity index (χ1n) is 6.49. The summed E-state index contributed by atoms with van der Waals surface area (Å²) in [5, 5.41) is 13.3. The average Bonchev–Trinajstić information content (AvgIpc) is 2.40. The first-order valence-corrected chi connectivity index (χ1v) is 6.49. The van der Waals surface area contributed by atoms with Crippen LogP contribution < -0.4 is 5.32 Å². The van der Waals surface area contributed by atoms with Crippen molar-refractivity contribution >= 4 is 17.4 Å². The van der Waals surface area contributed by atoms with Crippen molar-refractivity contribution in [3.63, 3.8) is 0 Å². The van der Waals surface area contributed by atoms with Crippen molar-refractivity contribution in [1.82, 2.24) is 4.90 Å². The standard InChI is InChI=1S/C13H18FN3O3/c1-3-7-16(8-4-2)13(18)15-11-6-5-10(14)9-12(11)17(19)20/h5-6,9H,3-4,7-8H2,1-2H3,(H,15,18). The number of hydrogen-bond acceptors (Lipinski definition) is 3. The van der Waals surface area contributed by atoms with Gasteiger partial charge in [-0.3, -0.25) is 10.1 Å². The second kappa shape index (κ2) is 7.42. The van der Waals surface area contributed by atoms with E-state index in [1.165, 1.54) is 6.07 Å². The Morgan fingerprint density at radius 1 is 1.35 bits per heavy atom. The number of nitrogens with zero attached hydrogens (tertiary/aromatic N) is 2. The molecule has 110 valence electrons. The Kier molecular flexibility index (Phi) is 5.89. The highest BCUT2D eigenvalue weighted by Gasteiger charge is 2.19. The number of carbonyl (C=O) groups is 1. The second-order valence-electron chi connectivity index (χ2n) is 4.34. The molecule has 0 aliphatic carbocycles. The van der Waals surface area contributed by atoms with Gasteiger partial charge in [-0.05, 0) is 25.0 Å². The molecule has 0 bridgehead atoms. The molecule has 0 unspecified atom stereocenters. The minimum Gasteiger partial charge on any atom is -0.325 e. The summed E-state index contributed by atoms with van der Waals surface area (Å²) in [6.07, 6.45) is 1.58. The number of anilines is 1. The topological polar surface area (TPSA) is 75.5 Å². The molecule has 20 heavy (non-hydrogen) atoms. The third kappa shape index (κ3) is 4.18. The molecule has 1 N–H and O–H groups in total. The van der Waals surface area contributed by atoms with Gasteiger partial charge in [0, 0.05) is 13.1 Å². The first-order chi connectivity index (χ1) is 9.49. The molecule has 7 heteroatoms. The lowest BCUT2D eigenvalue weighted by atomic mass is 10.2. The number of benzene rings is 1. The van der Waals surface area contributed by atoms with Gasteiger partial charge < -0.3 is 10.2 Å². The van der Waals surface area contributed by atoms with Crippen LogP contribution in [0.25, 0.3) is 0 Å². The van der Waals surface area contributed by atoms with Gasteiger partial charge >= 0.3 is 6.03 Å². The van der Waals surface area contributed by atoms with E-state index in [9.17, 15) is 19.3 Å². The molecule has 0 atom stereocenters. The van der Waals surface area contributed by atoms with Crippen LogP contribution in [-0.2, 0) is 0 Å². The molecule has 0 aliphatic rings. The summed E-state index contributed by atoms with van der Waals surface area (Å²) in [6, 6.07) is 2.65. The van der Waals surface area contributed by atoms with Gasteiger partial charge in [-0.15, -0.1) is 0 Å². The lowest BCUT2D eigenvalue weighted by Crippen LogP contribution is -2.36. The van der Waals surface area contributed by atoms with Gasteiger partial charge in [0.05, 0.1) is 11.0 Å². The molecule has 0 spiro atoms. The number of urea groups is 1. The molecule has 0 saturated heterocycles. The van der Waals surface area contributed by atoms with Gasteiger partial charge in [0.1, 0.15) is 11.5 Å². The van der Waals surface area contributed by atoms with E-state index in [-0.39, 0.29) is 5.69 Å². The molecule has 0 radical (unpaired) electrons. The normalized spacial score (nSPS) is 10.2. The zero-order valence-electron chi connectivity index (χ0n) is 11.6. The molecule has 1 aromatic rings. The zero-order chi connectivity index (χ0) is 15.1. The number of nitrogens with one attached hydrogen (secondary N) is 1. The number of nitro benzene ring substituents is 1. The quantitative estimate of drug-likeness (QED) is 0.642. The molecule has 6 nitrogen and oxygen atoms in total. The Morgan fingerprint density at radius 2 is 1.95 bits per heavy atom. The van der Waals surface area contributed by atoms with Crippen LogP contribution >= 0.6 is 0 Å². The number of amides is 2. The van der Waals surface area contributed by atoms with Gasteiger partial charge in [-0.1, -0.05) is 13.8 Å². The predicted molar refractivity (Wildman–Crippen MR) is 74.2 cm³/mol. The van der Waals surface area contributed by atoms with E-state index in [1.54, 1.807) is 4.90 Å². The van der Waals surface area contributed by atoms with Crippen LogP contribution in [0.3, 0.4) is 0 Å². The fourth-order valence-electron chi connectivity index (χ4n) is 1.81. The van der Waals surface area contributed by atoms with Crippen molar-refractivity contribution in [3.8, 4) is 0 Å². The number of halogens is 1. The summed E-state index contributed by atoms with van der Waals surface area (Å²) in [7, 11) is 0. The number of rotatable bonds is 6. The molecule has 1 aromatic carbocycles. The highest BCUT2D eigenvalue weighted by atomic mass is 19.1. The van der Waals surface area contributed by atoms with Crippen molar-refractivity contribution in [2.24, 2.45) is 0 Å². The number of nitro groups is 1. The number of hydrogen-bond donors (Lipinski definition) is 1. The molecule has 0 fully saturated rings. The summed E-state index contributed by atoms with van der Waals surface area (Å²) in [6.45, 7) is 5.01. The third-order valence-corrected chi connectivity index (χ3v) is 2.67. The lowest BCUT2D eigenvalue weighted by molar-refractivity contribution is -0.384. The van der Waals surface area contributed by atoms with E-state index in [1.807, 2.05) is 13.8 Å². The van der Waals surface area contributed by atoms with Gasteiger partial charge in [0.2, 0.25) is 0 Å². The molecule has 1 rings (SSSR count). The van der Waals surface area contributed by atoms with Crippen molar-refractivity contribution in [3.05, 3.63) is 34.1 Å². The Hall–Kier alpha value is -2.18. The minimum atomic E-state index is -0.720. The van der Waals surface area contributed by atoms with Crippen LogP contribution in [-0.4, -0.2) is 28.9 Å². The van der Waals surface area contributed by atoms with E-state index in [0.717, 1.165) is 25.0 Å². The van der Waals surface area contributed by atoms with Crippen molar-refractivity contribution in [2.75, 3.05) is 18.4 Å². The highest BCUT2D eigenvalue weighted by molar-refractivity contribution is 5.91. The van der Waals surface area contributed by atoms with E-state index < -0.39 is 22.5 Å². The monoisotopic (exact) mass is 283 g/mol. The van der Waals surface area contributed by atoms with Crippen molar-refractivity contribution in [1.29, 1.82) is 0 Å². The van der Waals surface area contributed by atoms with Crippen LogP contribution in [0.2, 0.25) is 0 Å². The molecule has 0 aliphatic heterocycles. The van der Waals surface area contributed by atoms with E-state index >= 15 is 0 Å².